The molecule has 0 saturated heterocycles. The molecule has 2 aromatic rings. The average Bonchev–Trinajstić information content (AvgIpc) is 2.83. The number of carbonyl (C=O) groups excluding carboxylic acids is 3. The van der Waals surface area contributed by atoms with Gasteiger partial charge in [0, 0.05) is 23.7 Å². The zero-order chi connectivity index (χ0) is 23.8. The summed E-state index contributed by atoms with van der Waals surface area (Å²) in [6.07, 6.45) is 5.39. The van der Waals surface area contributed by atoms with E-state index in [-0.39, 0.29) is 30.9 Å². The van der Waals surface area contributed by atoms with Crippen LogP contribution in [0.5, 0.6) is 0 Å². The molecule has 0 bridgehead atoms. The van der Waals surface area contributed by atoms with E-state index in [1.165, 1.54) is 11.3 Å². The minimum Gasteiger partial charge on any atom is -0.352 e. The molecule has 3 rings (SSSR count). The number of rotatable bonds is 8. The first-order valence-corrected chi connectivity index (χ1v) is 11.6. The molecule has 7 heteroatoms. The summed E-state index contributed by atoms with van der Waals surface area (Å²) in [6.45, 7) is 4.38. The van der Waals surface area contributed by atoms with Crippen molar-refractivity contribution in [2.45, 2.75) is 64.5 Å². The normalized spacial score (nSPS) is 14.1. The highest BCUT2D eigenvalue weighted by atomic mass is 16.5. The van der Waals surface area contributed by atoms with Gasteiger partial charge in [0.15, 0.2) is 0 Å². The fourth-order valence-corrected chi connectivity index (χ4v) is 4.13. The maximum Gasteiger partial charge on any atom is 0.274 e. The van der Waals surface area contributed by atoms with E-state index in [0.717, 1.165) is 36.8 Å². The standard InChI is InChI=1S/C26H33N3O4/c1-18(2)20-12-14-22(15-13-20)26(32)29(17-24(30)27-23-6-4-3-5-7-23)16-19-8-10-21(11-9-19)25(31)28-33/h8-15,18,23,33H,3-7,16-17H2,1-2H3,(H,27,30)(H,28,31). The van der Waals surface area contributed by atoms with E-state index in [1.807, 2.05) is 12.1 Å². The molecule has 3 amide bonds. The first kappa shape index (κ1) is 24.5. The van der Waals surface area contributed by atoms with E-state index in [1.54, 1.807) is 41.9 Å². The van der Waals surface area contributed by atoms with Crippen LogP contribution in [0.1, 0.15) is 83.7 Å². The van der Waals surface area contributed by atoms with Crippen molar-refractivity contribution in [2.75, 3.05) is 6.54 Å². The number of nitrogens with zero attached hydrogens (tertiary/aromatic N) is 1. The summed E-state index contributed by atoms with van der Waals surface area (Å²) in [6, 6.07) is 14.2. The summed E-state index contributed by atoms with van der Waals surface area (Å²) >= 11 is 0. The van der Waals surface area contributed by atoms with Gasteiger partial charge < -0.3 is 10.2 Å². The van der Waals surface area contributed by atoms with E-state index >= 15 is 0 Å². The quantitative estimate of drug-likeness (QED) is 0.417. The lowest BCUT2D eigenvalue weighted by Gasteiger charge is -2.26. The summed E-state index contributed by atoms with van der Waals surface area (Å²) in [4.78, 5) is 39.2. The third-order valence-electron chi connectivity index (χ3n) is 6.11. The molecular weight excluding hydrogens is 418 g/mol. The Morgan fingerprint density at radius 1 is 0.939 bits per heavy atom. The monoisotopic (exact) mass is 451 g/mol. The largest absolute Gasteiger partial charge is 0.352 e. The van der Waals surface area contributed by atoms with Crippen molar-refractivity contribution in [3.63, 3.8) is 0 Å². The van der Waals surface area contributed by atoms with Crippen molar-refractivity contribution in [3.8, 4) is 0 Å². The van der Waals surface area contributed by atoms with Crippen LogP contribution in [0.15, 0.2) is 48.5 Å². The van der Waals surface area contributed by atoms with Gasteiger partial charge in [0.2, 0.25) is 5.91 Å². The molecular formula is C26H33N3O4. The fourth-order valence-electron chi connectivity index (χ4n) is 4.13. The van der Waals surface area contributed by atoms with E-state index in [4.69, 9.17) is 5.21 Å². The van der Waals surface area contributed by atoms with Crippen LogP contribution >= 0.6 is 0 Å². The number of hydroxylamine groups is 1. The van der Waals surface area contributed by atoms with Gasteiger partial charge in [-0.3, -0.25) is 19.6 Å². The number of carbonyl (C=O) groups is 3. The highest BCUT2D eigenvalue weighted by molar-refractivity contribution is 5.96. The number of hydrogen-bond donors (Lipinski definition) is 3. The minimum absolute atomic E-state index is 0.0415. The Morgan fingerprint density at radius 2 is 1.55 bits per heavy atom. The molecule has 1 fully saturated rings. The second-order valence-corrected chi connectivity index (χ2v) is 8.98. The summed E-state index contributed by atoms with van der Waals surface area (Å²) in [5.74, 6) is -0.626. The van der Waals surface area contributed by atoms with Crippen molar-refractivity contribution in [1.82, 2.24) is 15.7 Å². The molecule has 1 aliphatic rings. The van der Waals surface area contributed by atoms with Crippen molar-refractivity contribution < 1.29 is 19.6 Å². The zero-order valence-corrected chi connectivity index (χ0v) is 19.3. The topological polar surface area (TPSA) is 98.7 Å². The Bertz CT molecular complexity index is 949. The van der Waals surface area contributed by atoms with Crippen LogP contribution in [0.2, 0.25) is 0 Å². The predicted octanol–water partition coefficient (Wildman–Crippen LogP) is 4.02. The van der Waals surface area contributed by atoms with Gasteiger partial charge in [0.1, 0.15) is 6.54 Å². The summed E-state index contributed by atoms with van der Waals surface area (Å²) in [5, 5.41) is 11.9. The van der Waals surface area contributed by atoms with Crippen LogP contribution in [0.3, 0.4) is 0 Å². The molecule has 0 radical (unpaired) electrons. The van der Waals surface area contributed by atoms with E-state index in [0.29, 0.717) is 17.0 Å². The van der Waals surface area contributed by atoms with Gasteiger partial charge in [-0.1, -0.05) is 57.4 Å². The van der Waals surface area contributed by atoms with E-state index < -0.39 is 5.91 Å². The Morgan fingerprint density at radius 3 is 2.12 bits per heavy atom. The lowest BCUT2D eigenvalue weighted by atomic mass is 9.95. The van der Waals surface area contributed by atoms with Gasteiger partial charge in [-0.15, -0.1) is 0 Å². The SMILES string of the molecule is CC(C)c1ccc(C(=O)N(CC(=O)NC2CCCCC2)Cc2ccc(C(=O)NO)cc2)cc1. The molecule has 1 saturated carbocycles. The molecule has 176 valence electrons. The highest BCUT2D eigenvalue weighted by Gasteiger charge is 2.22. The van der Waals surface area contributed by atoms with Crippen molar-refractivity contribution in [3.05, 3.63) is 70.8 Å². The van der Waals surface area contributed by atoms with Crippen LogP contribution in [-0.2, 0) is 11.3 Å². The molecule has 0 unspecified atom stereocenters. The van der Waals surface area contributed by atoms with Gasteiger partial charge in [-0.25, -0.2) is 5.48 Å². The summed E-state index contributed by atoms with van der Waals surface area (Å²) in [7, 11) is 0. The summed E-state index contributed by atoms with van der Waals surface area (Å²) in [5.41, 5.74) is 4.36. The molecule has 0 atom stereocenters. The Kier molecular flexibility index (Phi) is 8.60. The van der Waals surface area contributed by atoms with Crippen LogP contribution in [0.25, 0.3) is 0 Å². The second kappa shape index (κ2) is 11.6. The van der Waals surface area contributed by atoms with Crippen LogP contribution in [0, 0.1) is 0 Å². The first-order valence-electron chi connectivity index (χ1n) is 11.6. The van der Waals surface area contributed by atoms with Gasteiger partial charge >= 0.3 is 0 Å². The Labute approximate surface area is 195 Å². The Balaban J connectivity index is 1.76. The van der Waals surface area contributed by atoms with Crippen LogP contribution < -0.4 is 10.8 Å². The van der Waals surface area contributed by atoms with Gasteiger partial charge in [0.25, 0.3) is 11.8 Å². The molecule has 0 aliphatic heterocycles. The van der Waals surface area contributed by atoms with E-state index in [2.05, 4.69) is 19.2 Å². The van der Waals surface area contributed by atoms with Gasteiger partial charge in [-0.2, -0.15) is 0 Å². The molecule has 33 heavy (non-hydrogen) atoms. The molecule has 1 aliphatic carbocycles. The van der Waals surface area contributed by atoms with Crippen LogP contribution in [0.4, 0.5) is 0 Å². The molecule has 7 nitrogen and oxygen atoms in total. The van der Waals surface area contributed by atoms with E-state index in [9.17, 15) is 14.4 Å². The van der Waals surface area contributed by atoms with Gasteiger partial charge in [-0.05, 0) is 54.2 Å². The van der Waals surface area contributed by atoms with Gasteiger partial charge in [0.05, 0.1) is 0 Å². The molecule has 0 spiro atoms. The third kappa shape index (κ3) is 6.89. The fraction of sp³-hybridized carbons (Fsp3) is 0.423. The van der Waals surface area contributed by atoms with Crippen molar-refractivity contribution in [1.29, 1.82) is 0 Å². The molecule has 0 heterocycles. The minimum atomic E-state index is -0.605. The Hall–Kier alpha value is -3.19. The summed E-state index contributed by atoms with van der Waals surface area (Å²) < 4.78 is 0. The van der Waals surface area contributed by atoms with Crippen LogP contribution in [-0.4, -0.2) is 40.4 Å². The highest BCUT2D eigenvalue weighted by Crippen LogP contribution is 2.19. The number of hydrogen-bond acceptors (Lipinski definition) is 4. The molecule has 3 N–H and O–H groups in total. The third-order valence-corrected chi connectivity index (χ3v) is 6.11. The number of benzene rings is 2. The smallest absolute Gasteiger partial charge is 0.274 e. The number of amides is 3. The average molecular weight is 452 g/mol. The first-order chi connectivity index (χ1) is 15.9. The van der Waals surface area contributed by atoms with Crippen molar-refractivity contribution >= 4 is 17.7 Å². The second-order valence-electron chi connectivity index (χ2n) is 8.98. The maximum atomic E-state index is 13.3. The molecule has 0 aromatic heterocycles. The number of nitrogens with one attached hydrogen (secondary N) is 2. The molecule has 2 aromatic carbocycles. The zero-order valence-electron chi connectivity index (χ0n) is 19.3. The lowest BCUT2D eigenvalue weighted by molar-refractivity contribution is -0.122. The lowest BCUT2D eigenvalue weighted by Crippen LogP contribution is -2.44. The van der Waals surface area contributed by atoms with Crippen molar-refractivity contribution in [2.24, 2.45) is 0 Å². The maximum absolute atomic E-state index is 13.3. The predicted molar refractivity (Wildman–Crippen MR) is 126 cm³/mol.